The maximum Gasteiger partial charge on any atom is 0.293 e. The van der Waals surface area contributed by atoms with Gasteiger partial charge in [-0.15, -0.1) is 0 Å². The Labute approximate surface area is 146 Å². The van der Waals surface area contributed by atoms with Gasteiger partial charge in [0, 0.05) is 64.9 Å². The molecule has 8 nitrogen and oxygen atoms in total. The van der Waals surface area contributed by atoms with Crippen LogP contribution in [-0.4, -0.2) is 58.8 Å². The van der Waals surface area contributed by atoms with Crippen LogP contribution in [0.1, 0.15) is 12.8 Å². The van der Waals surface area contributed by atoms with Crippen molar-refractivity contribution < 1.29 is 0 Å². The summed E-state index contributed by atoms with van der Waals surface area (Å²) in [6.45, 7) is 5.19. The van der Waals surface area contributed by atoms with Crippen molar-refractivity contribution in [3.63, 3.8) is 0 Å². The lowest BCUT2D eigenvalue weighted by Crippen LogP contribution is -2.49. The Kier molecular flexibility index (Phi) is 4.25. The molecule has 0 spiro atoms. The molecule has 4 rings (SSSR count). The zero-order valence-corrected chi connectivity index (χ0v) is 14.5. The van der Waals surface area contributed by atoms with Gasteiger partial charge in [-0.2, -0.15) is 4.98 Å². The maximum atomic E-state index is 12.2. The summed E-state index contributed by atoms with van der Waals surface area (Å²) >= 11 is 0. The first-order chi connectivity index (χ1) is 12.2. The number of aryl methyl sites for hydroxylation is 1. The number of rotatable bonds is 3. The third-order valence-electron chi connectivity index (χ3n) is 4.92. The van der Waals surface area contributed by atoms with Crippen molar-refractivity contribution in [2.45, 2.75) is 12.8 Å². The average Bonchev–Trinajstić information content (AvgIpc) is 3.19. The quantitative estimate of drug-likeness (QED) is 0.805. The van der Waals surface area contributed by atoms with Crippen LogP contribution in [0.25, 0.3) is 0 Å². The Bertz CT molecular complexity index is 792. The second-order valence-corrected chi connectivity index (χ2v) is 6.55. The lowest BCUT2D eigenvalue weighted by Gasteiger charge is -2.35. The second kappa shape index (κ2) is 6.70. The highest BCUT2D eigenvalue weighted by atomic mass is 16.1. The predicted octanol–water partition coefficient (Wildman–Crippen LogP) is 0.497. The smallest absolute Gasteiger partial charge is 0.293 e. The standard InChI is InChI=1S/C17H23N7O/c1-21-9-6-18-15(16(21)25)23-10-12-24(13-11-23)17-19-5-4-14(20-17)22-7-2-3-8-22/h4-6,9H,2-3,7-8,10-13H2,1H3. The molecule has 8 heteroatoms. The molecule has 0 saturated carbocycles. The molecule has 0 N–H and O–H groups in total. The lowest BCUT2D eigenvalue weighted by molar-refractivity contribution is 0.627. The van der Waals surface area contributed by atoms with E-state index < -0.39 is 0 Å². The SMILES string of the molecule is Cn1ccnc(N2CCN(c3nccc(N4CCCC4)n3)CC2)c1=O. The fourth-order valence-electron chi connectivity index (χ4n) is 3.43. The van der Waals surface area contributed by atoms with Crippen molar-refractivity contribution in [3.05, 3.63) is 35.0 Å². The van der Waals surface area contributed by atoms with Gasteiger partial charge in [0.1, 0.15) is 5.82 Å². The van der Waals surface area contributed by atoms with E-state index >= 15 is 0 Å². The zero-order chi connectivity index (χ0) is 17.2. The molecule has 2 aromatic heterocycles. The van der Waals surface area contributed by atoms with Gasteiger partial charge < -0.3 is 19.3 Å². The van der Waals surface area contributed by atoms with Gasteiger partial charge in [0.25, 0.3) is 5.56 Å². The van der Waals surface area contributed by atoms with E-state index in [2.05, 4.69) is 19.8 Å². The van der Waals surface area contributed by atoms with Crippen molar-refractivity contribution in [2.75, 3.05) is 54.0 Å². The third kappa shape index (κ3) is 3.16. The van der Waals surface area contributed by atoms with E-state index in [1.54, 1.807) is 24.0 Å². The molecule has 0 unspecified atom stereocenters. The summed E-state index contributed by atoms with van der Waals surface area (Å²) in [5, 5.41) is 0. The molecule has 2 aromatic rings. The summed E-state index contributed by atoms with van der Waals surface area (Å²) < 4.78 is 1.57. The molecule has 0 atom stereocenters. The third-order valence-corrected chi connectivity index (χ3v) is 4.92. The fraction of sp³-hybridized carbons (Fsp3) is 0.529. The van der Waals surface area contributed by atoms with E-state index in [1.165, 1.54) is 12.8 Å². The molecule has 25 heavy (non-hydrogen) atoms. The largest absolute Gasteiger partial charge is 0.356 e. The fourth-order valence-corrected chi connectivity index (χ4v) is 3.43. The van der Waals surface area contributed by atoms with Crippen LogP contribution in [0.4, 0.5) is 17.6 Å². The molecule has 4 heterocycles. The molecule has 2 aliphatic heterocycles. The summed E-state index contributed by atoms with van der Waals surface area (Å²) in [6.07, 6.45) is 7.66. The van der Waals surface area contributed by atoms with Crippen LogP contribution in [0.3, 0.4) is 0 Å². The zero-order valence-electron chi connectivity index (χ0n) is 14.5. The van der Waals surface area contributed by atoms with Crippen LogP contribution in [-0.2, 0) is 7.05 Å². The Morgan fingerprint density at radius 1 is 0.880 bits per heavy atom. The van der Waals surface area contributed by atoms with Gasteiger partial charge in [0.05, 0.1) is 0 Å². The van der Waals surface area contributed by atoms with Crippen LogP contribution in [0, 0.1) is 0 Å². The van der Waals surface area contributed by atoms with Crippen LogP contribution < -0.4 is 20.3 Å². The monoisotopic (exact) mass is 341 g/mol. The molecule has 132 valence electrons. The number of anilines is 3. The van der Waals surface area contributed by atoms with E-state index in [0.29, 0.717) is 5.82 Å². The Morgan fingerprint density at radius 3 is 2.36 bits per heavy atom. The number of nitrogens with zero attached hydrogens (tertiary/aromatic N) is 7. The van der Waals surface area contributed by atoms with Crippen molar-refractivity contribution in [1.29, 1.82) is 0 Å². The molecular weight excluding hydrogens is 318 g/mol. The first kappa shape index (κ1) is 15.9. The predicted molar refractivity (Wildman–Crippen MR) is 97.4 cm³/mol. The minimum Gasteiger partial charge on any atom is -0.356 e. The van der Waals surface area contributed by atoms with Gasteiger partial charge in [-0.05, 0) is 18.9 Å². The molecule has 2 saturated heterocycles. The van der Waals surface area contributed by atoms with Crippen molar-refractivity contribution in [3.8, 4) is 0 Å². The summed E-state index contributed by atoms with van der Waals surface area (Å²) in [6, 6.07) is 1.99. The van der Waals surface area contributed by atoms with Gasteiger partial charge in [-0.1, -0.05) is 0 Å². The average molecular weight is 341 g/mol. The van der Waals surface area contributed by atoms with E-state index in [4.69, 9.17) is 4.98 Å². The van der Waals surface area contributed by atoms with Crippen molar-refractivity contribution in [2.24, 2.45) is 7.05 Å². The molecule has 0 radical (unpaired) electrons. The number of piperazine rings is 1. The number of hydrogen-bond acceptors (Lipinski definition) is 7. The van der Waals surface area contributed by atoms with E-state index in [9.17, 15) is 4.79 Å². The summed E-state index contributed by atoms with van der Waals surface area (Å²) in [7, 11) is 1.75. The Hall–Kier alpha value is -2.64. The molecule has 2 fully saturated rings. The first-order valence-corrected chi connectivity index (χ1v) is 8.82. The van der Waals surface area contributed by atoms with Gasteiger partial charge in [-0.3, -0.25) is 4.79 Å². The van der Waals surface area contributed by atoms with Crippen molar-refractivity contribution >= 4 is 17.6 Å². The summed E-state index contributed by atoms with van der Waals surface area (Å²) in [5.41, 5.74) is -0.0526. The highest BCUT2D eigenvalue weighted by Crippen LogP contribution is 2.20. The molecule has 0 amide bonds. The minimum absolute atomic E-state index is 0.0526. The van der Waals surface area contributed by atoms with Crippen LogP contribution in [0.5, 0.6) is 0 Å². The Morgan fingerprint density at radius 2 is 1.60 bits per heavy atom. The van der Waals surface area contributed by atoms with Gasteiger partial charge in [-0.25, -0.2) is 9.97 Å². The normalized spacial score (nSPS) is 18.0. The Balaban J connectivity index is 1.46. The van der Waals surface area contributed by atoms with Crippen LogP contribution >= 0.6 is 0 Å². The highest BCUT2D eigenvalue weighted by molar-refractivity contribution is 5.46. The van der Waals surface area contributed by atoms with Crippen LogP contribution in [0.15, 0.2) is 29.5 Å². The topological polar surface area (TPSA) is 70.4 Å². The number of aromatic nitrogens is 4. The van der Waals surface area contributed by atoms with Gasteiger partial charge in [0.15, 0.2) is 5.82 Å². The molecule has 0 aliphatic carbocycles. The molecule has 0 bridgehead atoms. The highest BCUT2D eigenvalue weighted by Gasteiger charge is 2.23. The summed E-state index contributed by atoms with van der Waals surface area (Å²) in [5.74, 6) is 2.32. The number of hydrogen-bond donors (Lipinski definition) is 0. The van der Waals surface area contributed by atoms with E-state index in [-0.39, 0.29) is 5.56 Å². The van der Waals surface area contributed by atoms with Gasteiger partial charge in [0.2, 0.25) is 5.95 Å². The lowest BCUT2D eigenvalue weighted by atomic mass is 10.3. The summed E-state index contributed by atoms with van der Waals surface area (Å²) in [4.78, 5) is 32.2. The molecular formula is C17H23N7O. The second-order valence-electron chi connectivity index (χ2n) is 6.55. The maximum absolute atomic E-state index is 12.2. The molecule has 2 aliphatic rings. The molecule has 0 aromatic carbocycles. The van der Waals surface area contributed by atoms with Gasteiger partial charge >= 0.3 is 0 Å². The first-order valence-electron chi connectivity index (χ1n) is 8.82. The van der Waals surface area contributed by atoms with Crippen LogP contribution in [0.2, 0.25) is 0 Å². The van der Waals surface area contributed by atoms with E-state index in [0.717, 1.165) is 51.0 Å². The minimum atomic E-state index is -0.0526. The van der Waals surface area contributed by atoms with Crippen molar-refractivity contribution in [1.82, 2.24) is 19.5 Å². The van der Waals surface area contributed by atoms with E-state index in [1.807, 2.05) is 17.2 Å².